The Morgan fingerprint density at radius 1 is 1.38 bits per heavy atom. The van der Waals surface area contributed by atoms with Crippen LogP contribution in [0.25, 0.3) is 0 Å². The zero-order chi connectivity index (χ0) is 14.9. The number of benzene rings is 1. The number of ether oxygens (including phenoxy) is 1. The normalized spacial score (nSPS) is 21.3. The maximum atomic E-state index is 9.91. The van der Waals surface area contributed by atoms with Crippen LogP contribution in [0.2, 0.25) is 0 Å². The topological polar surface area (TPSA) is 44.7 Å². The van der Waals surface area contributed by atoms with E-state index in [1.54, 1.807) is 0 Å². The second kappa shape index (κ2) is 9.15. The molecule has 1 saturated heterocycles. The third kappa shape index (κ3) is 6.57. The molecule has 118 valence electrons. The van der Waals surface area contributed by atoms with Crippen molar-refractivity contribution < 1.29 is 9.84 Å². The van der Waals surface area contributed by atoms with E-state index in [0.717, 1.165) is 18.7 Å². The Labute approximate surface area is 128 Å². The van der Waals surface area contributed by atoms with Crippen LogP contribution in [0, 0.1) is 5.92 Å². The average Bonchev–Trinajstić information content (AvgIpc) is 2.48. The van der Waals surface area contributed by atoms with E-state index >= 15 is 0 Å². The molecule has 1 aromatic carbocycles. The largest absolute Gasteiger partial charge is 0.389 e. The van der Waals surface area contributed by atoms with Crippen LogP contribution in [-0.2, 0) is 11.3 Å². The van der Waals surface area contributed by atoms with Gasteiger partial charge in [-0.2, -0.15) is 0 Å². The van der Waals surface area contributed by atoms with Gasteiger partial charge in [0.25, 0.3) is 0 Å². The van der Waals surface area contributed by atoms with E-state index in [2.05, 4.69) is 17.3 Å². The highest BCUT2D eigenvalue weighted by Crippen LogP contribution is 2.13. The first-order valence-corrected chi connectivity index (χ1v) is 7.93. The Hall–Kier alpha value is -0.940. The molecule has 2 rings (SSSR count). The molecule has 1 aromatic rings. The highest BCUT2D eigenvalue weighted by Gasteiger charge is 2.16. The minimum absolute atomic E-state index is 0.381. The summed E-state index contributed by atoms with van der Waals surface area (Å²) >= 11 is 0. The molecule has 0 amide bonds. The van der Waals surface area contributed by atoms with Crippen LogP contribution in [0.1, 0.15) is 18.4 Å². The summed E-state index contributed by atoms with van der Waals surface area (Å²) in [7, 11) is 2.18. The van der Waals surface area contributed by atoms with Crippen LogP contribution in [0.3, 0.4) is 0 Å². The SMILES string of the molecule is CN1CCCC(CNCC(O)COCc2ccccc2)C1. The maximum Gasteiger partial charge on any atom is 0.0897 e. The molecule has 4 heteroatoms. The smallest absolute Gasteiger partial charge is 0.0897 e. The molecule has 4 nitrogen and oxygen atoms in total. The Morgan fingerprint density at radius 2 is 2.19 bits per heavy atom. The molecule has 0 bridgehead atoms. The van der Waals surface area contributed by atoms with Crippen LogP contribution in [-0.4, -0.2) is 55.9 Å². The molecule has 0 aromatic heterocycles. The van der Waals surface area contributed by atoms with E-state index in [9.17, 15) is 5.11 Å². The van der Waals surface area contributed by atoms with Gasteiger partial charge in [-0.1, -0.05) is 30.3 Å². The predicted molar refractivity (Wildman–Crippen MR) is 85.2 cm³/mol. The molecule has 21 heavy (non-hydrogen) atoms. The quantitative estimate of drug-likeness (QED) is 0.762. The molecule has 0 spiro atoms. The summed E-state index contributed by atoms with van der Waals surface area (Å²) in [4.78, 5) is 2.38. The van der Waals surface area contributed by atoms with E-state index in [1.165, 1.54) is 19.4 Å². The molecular weight excluding hydrogens is 264 g/mol. The van der Waals surface area contributed by atoms with Gasteiger partial charge in [-0.25, -0.2) is 0 Å². The first-order valence-electron chi connectivity index (χ1n) is 7.93. The molecule has 1 aliphatic rings. The Bertz CT molecular complexity index is 386. The van der Waals surface area contributed by atoms with Crippen molar-refractivity contribution in [2.45, 2.75) is 25.6 Å². The predicted octanol–water partition coefficient (Wildman–Crippen LogP) is 1.50. The second-order valence-electron chi connectivity index (χ2n) is 6.08. The standard InChI is InChI=1S/C17H28N2O2/c1-19-9-5-8-16(12-19)10-18-11-17(20)14-21-13-15-6-3-2-4-7-15/h2-4,6-7,16-18,20H,5,8-14H2,1H3. The van der Waals surface area contributed by atoms with E-state index in [0.29, 0.717) is 25.7 Å². The average molecular weight is 292 g/mol. The first kappa shape index (κ1) is 16.4. The minimum Gasteiger partial charge on any atom is -0.389 e. The molecule has 1 fully saturated rings. The van der Waals surface area contributed by atoms with Gasteiger partial charge in [0, 0.05) is 13.1 Å². The Morgan fingerprint density at radius 3 is 2.95 bits per heavy atom. The third-order valence-corrected chi connectivity index (χ3v) is 3.96. The molecule has 0 saturated carbocycles. The number of rotatable bonds is 8. The summed E-state index contributed by atoms with van der Waals surface area (Å²) < 4.78 is 5.54. The van der Waals surface area contributed by atoms with Crippen molar-refractivity contribution in [3.63, 3.8) is 0 Å². The van der Waals surface area contributed by atoms with Gasteiger partial charge in [-0.3, -0.25) is 0 Å². The summed E-state index contributed by atoms with van der Waals surface area (Å²) in [6.45, 7) is 4.91. The summed E-state index contributed by atoms with van der Waals surface area (Å²) in [5, 5.41) is 13.3. The molecule has 1 heterocycles. The number of piperidine rings is 1. The number of hydrogen-bond donors (Lipinski definition) is 2. The van der Waals surface area contributed by atoms with Gasteiger partial charge in [0.05, 0.1) is 19.3 Å². The third-order valence-electron chi connectivity index (χ3n) is 3.96. The number of aliphatic hydroxyl groups is 1. The highest BCUT2D eigenvalue weighted by molar-refractivity contribution is 5.13. The minimum atomic E-state index is -0.435. The fourth-order valence-electron chi connectivity index (χ4n) is 2.84. The lowest BCUT2D eigenvalue weighted by atomic mass is 9.98. The Kier molecular flexibility index (Phi) is 7.16. The molecular formula is C17H28N2O2. The Balaban J connectivity index is 1.52. The zero-order valence-electron chi connectivity index (χ0n) is 13.0. The van der Waals surface area contributed by atoms with Crippen molar-refractivity contribution in [2.75, 3.05) is 39.8 Å². The summed E-state index contributed by atoms with van der Waals surface area (Å²) in [5.74, 6) is 0.709. The monoisotopic (exact) mass is 292 g/mol. The van der Waals surface area contributed by atoms with Crippen molar-refractivity contribution in [2.24, 2.45) is 5.92 Å². The van der Waals surface area contributed by atoms with Crippen molar-refractivity contribution in [1.82, 2.24) is 10.2 Å². The lowest BCUT2D eigenvalue weighted by Crippen LogP contribution is -2.39. The molecule has 2 N–H and O–H groups in total. The van der Waals surface area contributed by atoms with Crippen molar-refractivity contribution in [1.29, 1.82) is 0 Å². The van der Waals surface area contributed by atoms with Crippen molar-refractivity contribution >= 4 is 0 Å². The summed E-state index contributed by atoms with van der Waals surface area (Å²) in [5.41, 5.74) is 1.14. The molecule has 1 aliphatic heterocycles. The van der Waals surface area contributed by atoms with Crippen LogP contribution >= 0.6 is 0 Å². The van der Waals surface area contributed by atoms with Crippen LogP contribution in [0.15, 0.2) is 30.3 Å². The first-order chi connectivity index (χ1) is 10.2. The van der Waals surface area contributed by atoms with Crippen LogP contribution in [0.4, 0.5) is 0 Å². The lowest BCUT2D eigenvalue weighted by Gasteiger charge is -2.30. The molecule has 0 aliphatic carbocycles. The highest BCUT2D eigenvalue weighted by atomic mass is 16.5. The van der Waals surface area contributed by atoms with Crippen LogP contribution < -0.4 is 5.32 Å². The van der Waals surface area contributed by atoms with E-state index in [1.807, 2.05) is 30.3 Å². The van der Waals surface area contributed by atoms with Crippen molar-refractivity contribution in [3.05, 3.63) is 35.9 Å². The number of hydrogen-bond acceptors (Lipinski definition) is 4. The molecule has 2 unspecified atom stereocenters. The fraction of sp³-hybridized carbons (Fsp3) is 0.647. The maximum absolute atomic E-state index is 9.91. The van der Waals surface area contributed by atoms with Gasteiger partial charge in [0.2, 0.25) is 0 Å². The van der Waals surface area contributed by atoms with Gasteiger partial charge in [-0.05, 0) is 44.5 Å². The van der Waals surface area contributed by atoms with Gasteiger partial charge in [-0.15, -0.1) is 0 Å². The van der Waals surface area contributed by atoms with Gasteiger partial charge in [0.15, 0.2) is 0 Å². The van der Waals surface area contributed by atoms with Gasteiger partial charge in [0.1, 0.15) is 0 Å². The number of aliphatic hydroxyl groups excluding tert-OH is 1. The van der Waals surface area contributed by atoms with Gasteiger partial charge < -0.3 is 20.1 Å². The van der Waals surface area contributed by atoms with Gasteiger partial charge >= 0.3 is 0 Å². The number of nitrogens with one attached hydrogen (secondary N) is 1. The molecule has 0 radical (unpaired) electrons. The number of likely N-dealkylation sites (tertiary alicyclic amines) is 1. The van der Waals surface area contributed by atoms with E-state index in [4.69, 9.17) is 4.74 Å². The molecule has 2 atom stereocenters. The second-order valence-corrected chi connectivity index (χ2v) is 6.08. The fourth-order valence-corrected chi connectivity index (χ4v) is 2.84. The zero-order valence-corrected chi connectivity index (χ0v) is 13.0. The summed E-state index contributed by atoms with van der Waals surface area (Å²) in [6.07, 6.45) is 2.14. The number of nitrogens with zero attached hydrogens (tertiary/aromatic N) is 1. The van der Waals surface area contributed by atoms with E-state index in [-0.39, 0.29) is 0 Å². The van der Waals surface area contributed by atoms with Crippen molar-refractivity contribution in [3.8, 4) is 0 Å². The summed E-state index contributed by atoms with van der Waals surface area (Å²) in [6, 6.07) is 10.1. The van der Waals surface area contributed by atoms with Crippen LogP contribution in [0.5, 0.6) is 0 Å². The lowest BCUT2D eigenvalue weighted by molar-refractivity contribution is 0.0281. The van der Waals surface area contributed by atoms with E-state index < -0.39 is 6.10 Å².